The fourth-order valence-corrected chi connectivity index (χ4v) is 23.1. The van der Waals surface area contributed by atoms with Crippen molar-refractivity contribution in [2.24, 2.45) is 81.3 Å². The Morgan fingerprint density at radius 1 is 0.526 bits per heavy atom. The Bertz CT molecular complexity index is 5230. The Kier molecular flexibility index (Phi) is 31.8. The number of aromatic nitrogens is 6. The number of alkyl halides is 4. The zero-order chi connectivity index (χ0) is 94.3. The number of fused-ring (bicyclic) bond motifs is 21. The first-order chi connectivity index (χ1) is 62.7. The quantitative estimate of drug-likeness (QED) is 0.0677. The van der Waals surface area contributed by atoms with Gasteiger partial charge in [0.05, 0.1) is 80.1 Å². The number of methoxy groups -OCH3 is 2. The van der Waals surface area contributed by atoms with E-state index in [-0.39, 0.29) is 159 Å². The smallest absolute Gasteiger partial charge is 0.408 e. The number of hydrogen-bond acceptors (Lipinski definition) is 22. The molecule has 35 heteroatoms. The average Bonchev–Trinajstić information content (AvgIpc) is 1.55. The minimum atomic E-state index is -3.01. The molecular formula is C100H128F4N11O17V3-3. The van der Waals surface area contributed by atoms with Gasteiger partial charge in [-0.15, -0.1) is 0 Å². The molecule has 9 fully saturated rings. The van der Waals surface area contributed by atoms with Gasteiger partial charge in [0.1, 0.15) is 82.5 Å². The molecule has 3 radical (unpaired) electrons. The molecule has 6 bridgehead atoms. The molecule has 12 aliphatic rings. The van der Waals surface area contributed by atoms with Gasteiger partial charge in [-0.2, -0.15) is 0 Å². The van der Waals surface area contributed by atoms with Crippen LogP contribution in [0.5, 0.6) is 29.0 Å². The molecule has 3 saturated heterocycles. The number of carbonyl (C=O) groups excluding carboxylic acids is 9. The van der Waals surface area contributed by atoms with E-state index in [4.69, 9.17) is 37.9 Å². The van der Waals surface area contributed by atoms with Gasteiger partial charge in [0.25, 0.3) is 11.8 Å². The molecule has 24 atom stereocenters. The number of pyridine rings is 1. The monoisotopic (exact) mass is 1980 g/mol. The number of halogens is 4. The van der Waals surface area contributed by atoms with E-state index in [1.54, 1.807) is 61.3 Å². The molecule has 4 aromatic heterocycles. The first-order valence-electron chi connectivity index (χ1n) is 47.8. The molecule has 0 spiro atoms. The SMILES string of the molecule is CC[C@@H]1[C@@H]2CN(C(=O)[C@H](C(C)(C)C)CC(=O)O[C@@H]3CCC[C@H]3CCCCCc3cn4ccnc4cc3O2)[C@@H]1[C-]=O.COc1ccc2nc3c(nc2c1)O[C@H]1CN(C(=O)[C@H](C(C)(C)C)NC(=O)O[C@@H]2CC4CC4[C@H]2CCCC2C3C2(F)F)[C@H]([C-]=O)[C@@H]1C.COc1ccc2nc3c(nc2c1)O[C@H]1CN(C(=O)[C@H](C(C)(C)C)NC(=O)O[C@]2(C)CCC[C@H]2CCCC2C3C2(F)F)[C@H]([C-]=O)[C@@H]1C.[V].[V].[V]. The minimum Gasteiger partial charge on any atom is -0.540 e. The predicted octanol–water partition coefficient (Wildman–Crippen LogP) is 15.9. The van der Waals surface area contributed by atoms with Crippen molar-refractivity contribution in [3.63, 3.8) is 0 Å². The summed E-state index contributed by atoms with van der Waals surface area (Å²) in [4.78, 5) is 147. The zero-order valence-corrected chi connectivity index (χ0v) is 84.0. The maximum Gasteiger partial charge on any atom is 0.408 e. The second kappa shape index (κ2) is 41.3. The largest absolute Gasteiger partial charge is 0.540 e. The van der Waals surface area contributed by atoms with Gasteiger partial charge in [-0.1, -0.05) is 133 Å². The van der Waals surface area contributed by atoms with Gasteiger partial charge in [0, 0.05) is 110 Å². The molecule has 6 aliphatic carbocycles. The molecule has 18 rings (SSSR count). The molecule has 10 heterocycles. The third-order valence-electron chi connectivity index (χ3n) is 31.2. The third kappa shape index (κ3) is 21.4. The van der Waals surface area contributed by atoms with Gasteiger partial charge in [-0.3, -0.25) is 19.2 Å². The van der Waals surface area contributed by atoms with Gasteiger partial charge in [-0.05, 0) is 191 Å². The summed E-state index contributed by atoms with van der Waals surface area (Å²) in [6, 6.07) is 7.36. The molecule has 6 aliphatic heterocycles. The molecule has 6 saturated carbocycles. The predicted molar refractivity (Wildman–Crippen MR) is 478 cm³/mol. The molecule has 6 unspecified atom stereocenters. The molecule has 2 aromatic carbocycles. The fourth-order valence-electron chi connectivity index (χ4n) is 23.1. The van der Waals surface area contributed by atoms with Crippen LogP contribution in [0, 0.1) is 81.3 Å². The van der Waals surface area contributed by atoms with E-state index in [9.17, 15) is 43.2 Å². The number of ether oxygens (including phenoxy) is 8. The molecule has 6 aromatic rings. The first-order valence-corrected chi connectivity index (χ1v) is 47.8. The van der Waals surface area contributed by atoms with Crippen molar-refractivity contribution in [3.8, 4) is 29.0 Å². The maximum absolute atomic E-state index is 15.6. The number of alkyl carbamates (subject to hydrolysis) is 2. The van der Waals surface area contributed by atoms with Crippen LogP contribution < -0.4 is 34.3 Å². The Morgan fingerprint density at radius 3 is 1.59 bits per heavy atom. The van der Waals surface area contributed by atoms with E-state index in [0.29, 0.717) is 96.3 Å². The van der Waals surface area contributed by atoms with Crippen molar-refractivity contribution in [1.82, 2.24) is 54.7 Å². The molecule has 2 N–H and O–H groups in total. The standard InChI is InChI=1S/C34H41F2N4O6.C34H43F2N4O6.C32H44N3O5.3V/c1-16-24(15-41)40-14-26(16)45-30-28(37-22-10-9-18(44-5)13-23(22)38-30)27-21(34(27,35)36)8-6-7-19-20-11-17(20)12-25(19)46-32(43)39-29(31(40)42)33(2,3)4;1-18-24(17-41)40-16-25(18)45-29-27(37-22-13-12-20(44-6)15-23(22)38-29)26-21(34(26,35)36)11-7-9-19-10-8-14-33(19,5)46-31(43)39-28(30(40)42)32(2,3)4;1-5-23-25(20-36)35-19-28(23)39-27-17-29-33-14-15-34(29)18-22(27)11-8-6-7-10-21-12-9-13-26(21)40-30(37)16-24(31(35)38)32(2,3)4;;;/h9-10,13,16-17,19-21,24-27,29H,6-8,11-12,14H2,1-5H3,(H,39,43);12-13,15,18-19,21,24-26,28H,7-11,14,16H2,1-6H3,(H,39,43);14-15,17-18,21,23-26,28H,5-13,16,19H2,1-4H3;;;/q3*-1;;;/t16-,17?,19+,20?,21?,24+,25+,26-,27?,29+;18-,19+,21?,24+,25-,26?,28+,33+;21-,23+,24-,25-,26-,28+;;;/m001.../s1. The molecule has 5 amide bonds. The Balaban J connectivity index is 0.000000170. The van der Waals surface area contributed by atoms with Gasteiger partial charge >= 0.3 is 18.2 Å². The van der Waals surface area contributed by atoms with Gasteiger partial charge in [0.15, 0.2) is 0 Å². The van der Waals surface area contributed by atoms with Gasteiger partial charge in [0.2, 0.25) is 29.5 Å². The van der Waals surface area contributed by atoms with Crippen LogP contribution in [0.2, 0.25) is 0 Å². The summed E-state index contributed by atoms with van der Waals surface area (Å²) >= 11 is 0. The third-order valence-corrected chi connectivity index (χ3v) is 31.2. The summed E-state index contributed by atoms with van der Waals surface area (Å²) in [5, 5.41) is 5.62. The van der Waals surface area contributed by atoms with Crippen molar-refractivity contribution in [2.45, 2.75) is 315 Å². The average molecular weight is 1990 g/mol. The maximum atomic E-state index is 15.6. The number of aryl methyl sites for hydroxylation is 1. The Hall–Kier alpha value is -8.29. The molecular weight excluding hydrogens is 1860 g/mol. The van der Waals surface area contributed by atoms with Crippen LogP contribution in [0.3, 0.4) is 0 Å². The molecule has 135 heavy (non-hydrogen) atoms. The minimum absolute atomic E-state index is 0. The summed E-state index contributed by atoms with van der Waals surface area (Å²) in [6.07, 6.45) is 24.2. The number of benzene rings is 2. The van der Waals surface area contributed by atoms with Gasteiger partial charge in [-0.25, -0.2) is 70.9 Å². The van der Waals surface area contributed by atoms with E-state index in [0.717, 1.165) is 94.0 Å². The Labute approximate surface area is 823 Å². The Morgan fingerprint density at radius 2 is 1.05 bits per heavy atom. The normalized spacial score (nSPS) is 33.4. The van der Waals surface area contributed by atoms with Crippen LogP contribution in [0.1, 0.15) is 247 Å². The number of amides is 5. The fraction of sp³-hybridized carbons (Fsp3) is 0.680. The van der Waals surface area contributed by atoms with Crippen molar-refractivity contribution >= 4 is 82.4 Å². The van der Waals surface area contributed by atoms with Crippen LogP contribution in [0.25, 0.3) is 27.7 Å². The summed E-state index contributed by atoms with van der Waals surface area (Å²) in [5.41, 5.74) is 1.05. The van der Waals surface area contributed by atoms with Crippen LogP contribution in [0.15, 0.2) is 61.1 Å². The number of nitrogens with one attached hydrogen (secondary N) is 2. The van der Waals surface area contributed by atoms with E-state index in [2.05, 4.69) is 48.0 Å². The van der Waals surface area contributed by atoms with E-state index in [1.807, 2.05) is 105 Å². The van der Waals surface area contributed by atoms with Crippen molar-refractivity contribution in [1.29, 1.82) is 0 Å². The number of carbonyl (C=O) groups is 6. The first kappa shape index (κ1) is 104. The van der Waals surface area contributed by atoms with E-state index < -0.39 is 142 Å². The summed E-state index contributed by atoms with van der Waals surface area (Å²) in [6.45, 7) is 24.5. The number of rotatable bonds is 6. The summed E-state index contributed by atoms with van der Waals surface area (Å²) < 4.78 is 112. The van der Waals surface area contributed by atoms with Crippen LogP contribution >= 0.6 is 0 Å². The van der Waals surface area contributed by atoms with Crippen LogP contribution in [0.4, 0.5) is 27.2 Å². The van der Waals surface area contributed by atoms with Crippen molar-refractivity contribution < 1.29 is 154 Å². The number of hydrogen-bond donors (Lipinski definition) is 2. The zero-order valence-electron chi connectivity index (χ0n) is 79.8. The second-order valence-corrected chi connectivity index (χ2v) is 42.8. The molecule has 731 valence electrons. The van der Waals surface area contributed by atoms with Crippen LogP contribution in [-0.4, -0.2) is 211 Å². The van der Waals surface area contributed by atoms with E-state index >= 15 is 17.6 Å². The van der Waals surface area contributed by atoms with Crippen LogP contribution in [-0.2, 0) is 110 Å². The topological polar surface area (TPSA) is 330 Å². The van der Waals surface area contributed by atoms with Crippen molar-refractivity contribution in [3.05, 3.63) is 78.0 Å². The van der Waals surface area contributed by atoms with Gasteiger partial charge < -0.3 is 82.0 Å². The second-order valence-electron chi connectivity index (χ2n) is 42.8. The van der Waals surface area contributed by atoms with Crippen molar-refractivity contribution in [2.75, 3.05) is 33.9 Å². The summed E-state index contributed by atoms with van der Waals surface area (Å²) in [5.74, 6) is -10.5. The number of nitrogens with zero attached hydrogens (tertiary/aromatic N) is 9. The summed E-state index contributed by atoms with van der Waals surface area (Å²) in [7, 11) is 3.04. The number of esters is 1. The molecule has 28 nitrogen and oxygen atoms in total. The number of imidazole rings is 1. The van der Waals surface area contributed by atoms with E-state index in [1.165, 1.54) is 24.0 Å².